The molecule has 1 amide bonds. The largest absolute Gasteiger partial charge is 0.416 e. The highest BCUT2D eigenvalue weighted by Gasteiger charge is 2.31. The number of anilines is 1. The average Bonchev–Trinajstić information content (AvgIpc) is 2.84. The molecule has 4 rings (SSSR count). The maximum absolute atomic E-state index is 13.0. The van der Waals surface area contributed by atoms with Crippen molar-refractivity contribution in [3.05, 3.63) is 59.7 Å². The van der Waals surface area contributed by atoms with Crippen LogP contribution in [-0.2, 0) is 16.2 Å². The van der Waals surface area contributed by atoms with Crippen LogP contribution in [0.15, 0.2) is 53.4 Å². The van der Waals surface area contributed by atoms with Gasteiger partial charge in [-0.1, -0.05) is 12.5 Å². The lowest BCUT2D eigenvalue weighted by molar-refractivity contribution is -0.137. The normalized spacial score (nSPS) is 18.6. The number of rotatable bonds is 5. The Bertz CT molecular complexity index is 1110. The SMILES string of the molecule is O=C(c1cccc(S(=O)(=O)Nc2ccc(C(F)(F)F)cc2)c1)N1CCC(N2CCCCC2)CC1. The fraction of sp³-hybridized carbons (Fsp3) is 0.458. The fourth-order valence-electron chi connectivity index (χ4n) is 4.64. The molecule has 2 saturated heterocycles. The van der Waals surface area contributed by atoms with E-state index in [4.69, 9.17) is 0 Å². The zero-order valence-electron chi connectivity index (χ0n) is 18.7. The van der Waals surface area contributed by atoms with Crippen LogP contribution in [0.5, 0.6) is 0 Å². The zero-order valence-corrected chi connectivity index (χ0v) is 19.5. The third kappa shape index (κ3) is 5.72. The highest BCUT2D eigenvalue weighted by atomic mass is 32.2. The third-order valence-electron chi connectivity index (χ3n) is 6.51. The van der Waals surface area contributed by atoms with E-state index >= 15 is 0 Å². The maximum atomic E-state index is 13.0. The van der Waals surface area contributed by atoms with Gasteiger partial charge in [0, 0.05) is 30.4 Å². The van der Waals surface area contributed by atoms with Crippen LogP contribution in [0.3, 0.4) is 0 Å². The highest BCUT2D eigenvalue weighted by Crippen LogP contribution is 2.30. The van der Waals surface area contributed by atoms with Crippen molar-refractivity contribution in [2.75, 3.05) is 30.9 Å². The van der Waals surface area contributed by atoms with Gasteiger partial charge < -0.3 is 9.80 Å². The van der Waals surface area contributed by atoms with Gasteiger partial charge in [-0.05, 0) is 81.2 Å². The number of likely N-dealkylation sites (tertiary alicyclic amines) is 2. The van der Waals surface area contributed by atoms with E-state index in [0.29, 0.717) is 19.1 Å². The minimum Gasteiger partial charge on any atom is -0.339 e. The van der Waals surface area contributed by atoms with Crippen LogP contribution in [0.1, 0.15) is 48.0 Å². The molecule has 10 heteroatoms. The third-order valence-corrected chi connectivity index (χ3v) is 7.89. The minimum absolute atomic E-state index is 0.00418. The van der Waals surface area contributed by atoms with E-state index in [0.717, 1.165) is 50.2 Å². The summed E-state index contributed by atoms with van der Waals surface area (Å²) in [4.78, 5) is 17.2. The Kier molecular flexibility index (Phi) is 7.18. The molecular formula is C24H28F3N3O3S. The molecule has 0 aliphatic carbocycles. The van der Waals surface area contributed by atoms with E-state index in [1.807, 2.05) is 0 Å². The molecule has 0 atom stereocenters. The predicted octanol–water partition coefficient (Wildman–Crippen LogP) is 4.60. The van der Waals surface area contributed by atoms with Crippen LogP contribution in [0.2, 0.25) is 0 Å². The summed E-state index contributed by atoms with van der Waals surface area (Å²) in [5.74, 6) is -0.219. The molecule has 2 aromatic rings. The lowest BCUT2D eigenvalue weighted by atomic mass is 9.99. The maximum Gasteiger partial charge on any atom is 0.416 e. The minimum atomic E-state index is -4.51. The smallest absolute Gasteiger partial charge is 0.339 e. The summed E-state index contributed by atoms with van der Waals surface area (Å²) >= 11 is 0. The van der Waals surface area contributed by atoms with Crippen LogP contribution in [0.4, 0.5) is 18.9 Å². The molecule has 2 heterocycles. The Morgan fingerprint density at radius 1 is 0.912 bits per heavy atom. The van der Waals surface area contributed by atoms with Gasteiger partial charge in [-0.3, -0.25) is 9.52 Å². The molecule has 2 fully saturated rings. The quantitative estimate of drug-likeness (QED) is 0.659. The molecular weight excluding hydrogens is 467 g/mol. The summed E-state index contributed by atoms with van der Waals surface area (Å²) in [7, 11) is -4.08. The van der Waals surface area contributed by atoms with Gasteiger partial charge in [0.1, 0.15) is 0 Å². The molecule has 0 bridgehead atoms. The molecule has 0 aromatic heterocycles. The Morgan fingerprint density at radius 2 is 1.56 bits per heavy atom. The number of hydrogen-bond acceptors (Lipinski definition) is 4. The van der Waals surface area contributed by atoms with Crippen molar-refractivity contribution in [2.45, 2.75) is 49.2 Å². The Morgan fingerprint density at radius 3 is 2.18 bits per heavy atom. The van der Waals surface area contributed by atoms with Gasteiger partial charge in [0.15, 0.2) is 0 Å². The van der Waals surface area contributed by atoms with E-state index in [1.54, 1.807) is 11.0 Å². The van der Waals surface area contributed by atoms with Gasteiger partial charge in [-0.2, -0.15) is 13.2 Å². The number of hydrogen-bond donors (Lipinski definition) is 1. The molecule has 34 heavy (non-hydrogen) atoms. The summed E-state index contributed by atoms with van der Waals surface area (Å²) in [5, 5.41) is 0. The summed E-state index contributed by atoms with van der Waals surface area (Å²) in [6.45, 7) is 3.48. The van der Waals surface area contributed by atoms with Crippen molar-refractivity contribution in [3.8, 4) is 0 Å². The summed E-state index contributed by atoms with van der Waals surface area (Å²) in [5.41, 5.74) is -0.594. The second-order valence-electron chi connectivity index (χ2n) is 8.83. The topological polar surface area (TPSA) is 69.7 Å². The molecule has 184 valence electrons. The first-order chi connectivity index (χ1) is 16.1. The lowest BCUT2D eigenvalue weighted by Gasteiger charge is -2.40. The Balaban J connectivity index is 1.41. The molecule has 2 aromatic carbocycles. The predicted molar refractivity (Wildman–Crippen MR) is 123 cm³/mol. The first-order valence-corrected chi connectivity index (χ1v) is 13.0. The molecule has 0 radical (unpaired) electrons. The van der Waals surface area contributed by atoms with Crippen LogP contribution in [0, 0.1) is 0 Å². The number of amides is 1. The van der Waals surface area contributed by atoms with Crippen molar-refractivity contribution >= 4 is 21.6 Å². The first kappa shape index (κ1) is 24.5. The molecule has 6 nitrogen and oxygen atoms in total. The van der Waals surface area contributed by atoms with E-state index in [2.05, 4.69) is 9.62 Å². The Labute approximate surface area is 197 Å². The fourth-order valence-corrected chi connectivity index (χ4v) is 5.74. The number of nitrogens with one attached hydrogen (secondary N) is 1. The Hall–Kier alpha value is -2.59. The van der Waals surface area contributed by atoms with Crippen LogP contribution < -0.4 is 4.72 Å². The summed E-state index contributed by atoms with van der Waals surface area (Å²) in [6, 6.07) is 9.96. The number of halogens is 3. The van der Waals surface area contributed by atoms with Gasteiger partial charge in [-0.25, -0.2) is 8.42 Å². The van der Waals surface area contributed by atoms with Gasteiger partial charge in [0.05, 0.1) is 10.5 Å². The van der Waals surface area contributed by atoms with E-state index in [1.165, 1.54) is 37.5 Å². The molecule has 2 aliphatic heterocycles. The van der Waals surface area contributed by atoms with E-state index in [-0.39, 0.29) is 22.1 Å². The van der Waals surface area contributed by atoms with Gasteiger partial charge in [-0.15, -0.1) is 0 Å². The molecule has 2 aliphatic rings. The van der Waals surface area contributed by atoms with E-state index in [9.17, 15) is 26.4 Å². The second-order valence-corrected chi connectivity index (χ2v) is 10.5. The van der Waals surface area contributed by atoms with Crippen LogP contribution in [-0.4, -0.2) is 56.3 Å². The lowest BCUT2D eigenvalue weighted by Crippen LogP contribution is -2.48. The molecule has 0 unspecified atom stereocenters. The number of carbonyl (C=O) groups excluding carboxylic acids is 1. The number of piperidine rings is 2. The second kappa shape index (κ2) is 9.95. The molecule has 1 N–H and O–H groups in total. The monoisotopic (exact) mass is 495 g/mol. The van der Waals surface area contributed by atoms with Crippen LogP contribution >= 0.6 is 0 Å². The highest BCUT2D eigenvalue weighted by molar-refractivity contribution is 7.92. The number of sulfonamides is 1. The van der Waals surface area contributed by atoms with Crippen LogP contribution in [0.25, 0.3) is 0 Å². The number of alkyl halides is 3. The average molecular weight is 496 g/mol. The van der Waals surface area contributed by atoms with E-state index < -0.39 is 21.8 Å². The van der Waals surface area contributed by atoms with Gasteiger partial charge >= 0.3 is 6.18 Å². The standard InChI is InChI=1S/C24H28F3N3O3S/c25-24(26,27)19-7-9-20(10-8-19)28-34(32,33)22-6-4-5-18(17-22)23(31)30-15-11-21(12-16-30)29-13-2-1-3-14-29/h4-10,17,21,28H,1-3,11-16H2. The number of nitrogens with zero attached hydrogens (tertiary/aromatic N) is 2. The van der Waals surface area contributed by atoms with Crippen molar-refractivity contribution in [2.24, 2.45) is 0 Å². The van der Waals surface area contributed by atoms with Crippen molar-refractivity contribution in [3.63, 3.8) is 0 Å². The zero-order chi connectivity index (χ0) is 24.3. The van der Waals surface area contributed by atoms with Gasteiger partial charge in [0.25, 0.3) is 15.9 Å². The summed E-state index contributed by atoms with van der Waals surface area (Å²) in [6.07, 6.45) is 1.02. The van der Waals surface area contributed by atoms with Crippen molar-refractivity contribution in [1.29, 1.82) is 0 Å². The van der Waals surface area contributed by atoms with Gasteiger partial charge in [0.2, 0.25) is 0 Å². The first-order valence-electron chi connectivity index (χ1n) is 11.5. The number of carbonyl (C=O) groups is 1. The summed E-state index contributed by atoms with van der Waals surface area (Å²) < 4.78 is 66.1. The van der Waals surface area contributed by atoms with Crippen molar-refractivity contribution in [1.82, 2.24) is 9.80 Å². The molecule has 0 saturated carbocycles. The number of benzene rings is 2. The van der Waals surface area contributed by atoms with Crippen molar-refractivity contribution < 1.29 is 26.4 Å². The molecule has 0 spiro atoms.